The summed E-state index contributed by atoms with van der Waals surface area (Å²) in [5.41, 5.74) is 7.70. The number of nitrogens with two attached hydrogens (primary N) is 1. The summed E-state index contributed by atoms with van der Waals surface area (Å²) in [4.78, 5) is 10.4. The topological polar surface area (TPSA) is 64.3 Å². The van der Waals surface area contributed by atoms with Crippen LogP contribution in [0.25, 0.3) is 0 Å². The summed E-state index contributed by atoms with van der Waals surface area (Å²) in [5.74, 6) is 0.341. The van der Waals surface area contributed by atoms with Crippen molar-refractivity contribution in [2.45, 2.75) is 45.1 Å². The molecule has 112 valence electrons. The molecule has 3 N–H and O–H groups in total. The third kappa shape index (κ3) is 6.57. The molecule has 0 radical (unpaired) electrons. The SMILES string of the molecule is CC(C)(C)OCCC(CCNC=O)c1cccc(N)c1. The minimum absolute atomic E-state index is 0.124. The first kappa shape index (κ1) is 16.5. The number of nitrogen functional groups attached to an aromatic ring is 1. The largest absolute Gasteiger partial charge is 0.399 e. The van der Waals surface area contributed by atoms with Crippen LogP contribution in [-0.2, 0) is 9.53 Å². The van der Waals surface area contributed by atoms with Crippen LogP contribution in [0.1, 0.15) is 45.1 Å². The highest BCUT2D eigenvalue weighted by molar-refractivity contribution is 5.46. The van der Waals surface area contributed by atoms with Gasteiger partial charge in [-0.1, -0.05) is 12.1 Å². The average molecular weight is 278 g/mol. The highest BCUT2D eigenvalue weighted by Crippen LogP contribution is 2.25. The van der Waals surface area contributed by atoms with E-state index >= 15 is 0 Å². The second-order valence-electron chi connectivity index (χ2n) is 5.98. The number of ether oxygens (including phenoxy) is 1. The van der Waals surface area contributed by atoms with Gasteiger partial charge in [-0.05, 0) is 57.2 Å². The summed E-state index contributed by atoms with van der Waals surface area (Å²) in [6, 6.07) is 7.94. The first-order valence-electron chi connectivity index (χ1n) is 7.09. The number of rotatable bonds is 8. The van der Waals surface area contributed by atoms with Crippen LogP contribution in [0.3, 0.4) is 0 Å². The number of anilines is 1. The molecule has 1 amide bonds. The Kier molecular flexibility index (Phi) is 6.52. The molecule has 0 aliphatic heterocycles. The molecule has 0 heterocycles. The predicted octanol–water partition coefficient (Wildman–Crippen LogP) is 2.69. The molecule has 1 aromatic carbocycles. The lowest BCUT2D eigenvalue weighted by molar-refractivity contribution is -0.109. The molecule has 0 aliphatic carbocycles. The van der Waals surface area contributed by atoms with Gasteiger partial charge < -0.3 is 15.8 Å². The van der Waals surface area contributed by atoms with Gasteiger partial charge in [-0.3, -0.25) is 4.79 Å². The molecule has 20 heavy (non-hydrogen) atoms. The lowest BCUT2D eigenvalue weighted by Gasteiger charge is -2.23. The molecule has 1 rings (SSSR count). The van der Waals surface area contributed by atoms with Gasteiger partial charge in [0.2, 0.25) is 6.41 Å². The standard InChI is InChI=1S/C16H26N2O2/c1-16(2,3)20-10-8-13(7-9-18-12-19)14-5-4-6-15(17)11-14/h4-6,11-13H,7-10,17H2,1-3H3,(H,18,19). The van der Waals surface area contributed by atoms with Crippen LogP contribution in [-0.4, -0.2) is 25.2 Å². The zero-order valence-electron chi connectivity index (χ0n) is 12.7. The molecule has 0 bridgehead atoms. The molecular weight excluding hydrogens is 252 g/mol. The second kappa shape index (κ2) is 7.90. The monoisotopic (exact) mass is 278 g/mol. The first-order chi connectivity index (χ1) is 9.42. The maximum absolute atomic E-state index is 10.4. The Morgan fingerprint density at radius 1 is 1.35 bits per heavy atom. The van der Waals surface area contributed by atoms with E-state index in [4.69, 9.17) is 10.5 Å². The van der Waals surface area contributed by atoms with E-state index in [-0.39, 0.29) is 5.60 Å². The maximum Gasteiger partial charge on any atom is 0.207 e. The Morgan fingerprint density at radius 3 is 2.70 bits per heavy atom. The van der Waals surface area contributed by atoms with Crippen molar-refractivity contribution in [3.05, 3.63) is 29.8 Å². The van der Waals surface area contributed by atoms with E-state index in [0.717, 1.165) is 24.9 Å². The van der Waals surface area contributed by atoms with E-state index in [1.807, 2.05) is 18.2 Å². The summed E-state index contributed by atoms with van der Waals surface area (Å²) < 4.78 is 5.80. The van der Waals surface area contributed by atoms with Crippen molar-refractivity contribution in [2.75, 3.05) is 18.9 Å². The van der Waals surface area contributed by atoms with Gasteiger partial charge in [-0.15, -0.1) is 0 Å². The smallest absolute Gasteiger partial charge is 0.207 e. The summed E-state index contributed by atoms with van der Waals surface area (Å²) in [7, 11) is 0. The van der Waals surface area contributed by atoms with Gasteiger partial charge in [0.25, 0.3) is 0 Å². The zero-order chi connectivity index (χ0) is 15.0. The zero-order valence-corrected chi connectivity index (χ0v) is 12.7. The van der Waals surface area contributed by atoms with Crippen molar-refractivity contribution in [3.8, 4) is 0 Å². The van der Waals surface area contributed by atoms with Crippen molar-refractivity contribution in [2.24, 2.45) is 0 Å². The highest BCUT2D eigenvalue weighted by atomic mass is 16.5. The van der Waals surface area contributed by atoms with E-state index in [1.165, 1.54) is 5.56 Å². The maximum atomic E-state index is 10.4. The number of amides is 1. The van der Waals surface area contributed by atoms with Crippen molar-refractivity contribution >= 4 is 12.1 Å². The molecule has 0 fully saturated rings. The van der Waals surface area contributed by atoms with Gasteiger partial charge in [0, 0.05) is 18.8 Å². The minimum Gasteiger partial charge on any atom is -0.399 e. The molecular formula is C16H26N2O2. The number of benzene rings is 1. The summed E-state index contributed by atoms with van der Waals surface area (Å²) >= 11 is 0. The molecule has 1 aromatic rings. The molecule has 0 saturated carbocycles. The van der Waals surface area contributed by atoms with Crippen molar-refractivity contribution in [3.63, 3.8) is 0 Å². The number of carbonyl (C=O) groups excluding carboxylic acids is 1. The highest BCUT2D eigenvalue weighted by Gasteiger charge is 2.15. The first-order valence-corrected chi connectivity index (χ1v) is 7.09. The third-order valence-electron chi connectivity index (χ3n) is 3.10. The fourth-order valence-corrected chi connectivity index (χ4v) is 2.11. The van der Waals surface area contributed by atoms with Gasteiger partial charge in [0.15, 0.2) is 0 Å². The number of nitrogens with one attached hydrogen (secondary N) is 1. The van der Waals surface area contributed by atoms with Crippen LogP contribution < -0.4 is 11.1 Å². The van der Waals surface area contributed by atoms with Gasteiger partial charge in [0.1, 0.15) is 0 Å². The van der Waals surface area contributed by atoms with Crippen LogP contribution in [0.15, 0.2) is 24.3 Å². The summed E-state index contributed by atoms with van der Waals surface area (Å²) in [6.45, 7) is 7.52. The van der Waals surface area contributed by atoms with Crippen molar-refractivity contribution in [1.29, 1.82) is 0 Å². The fraction of sp³-hybridized carbons (Fsp3) is 0.562. The Labute approximate surface area is 121 Å². The molecule has 0 aromatic heterocycles. The van der Waals surface area contributed by atoms with E-state index < -0.39 is 0 Å². The van der Waals surface area contributed by atoms with Crippen molar-refractivity contribution < 1.29 is 9.53 Å². The normalized spacial score (nSPS) is 12.9. The van der Waals surface area contributed by atoms with Gasteiger partial charge in [-0.2, -0.15) is 0 Å². The van der Waals surface area contributed by atoms with Crippen LogP contribution in [0.5, 0.6) is 0 Å². The predicted molar refractivity (Wildman–Crippen MR) is 82.6 cm³/mol. The minimum atomic E-state index is -0.124. The van der Waals surface area contributed by atoms with E-state index in [9.17, 15) is 4.79 Å². The van der Waals surface area contributed by atoms with Crippen LogP contribution in [0, 0.1) is 0 Å². The second-order valence-corrected chi connectivity index (χ2v) is 5.98. The quantitative estimate of drug-likeness (QED) is 0.436. The lowest BCUT2D eigenvalue weighted by Crippen LogP contribution is -2.22. The molecule has 1 unspecified atom stereocenters. The molecule has 4 heteroatoms. The van der Waals surface area contributed by atoms with Gasteiger partial charge in [-0.25, -0.2) is 0 Å². The Morgan fingerprint density at radius 2 is 2.10 bits per heavy atom. The number of carbonyl (C=O) groups is 1. The Balaban J connectivity index is 2.62. The molecule has 0 spiro atoms. The summed E-state index contributed by atoms with van der Waals surface area (Å²) in [5, 5.41) is 2.72. The van der Waals surface area contributed by atoms with E-state index in [1.54, 1.807) is 0 Å². The van der Waals surface area contributed by atoms with E-state index in [2.05, 4.69) is 32.2 Å². The summed E-state index contributed by atoms with van der Waals surface area (Å²) in [6.07, 6.45) is 2.54. The van der Waals surface area contributed by atoms with Crippen molar-refractivity contribution in [1.82, 2.24) is 5.32 Å². The van der Waals surface area contributed by atoms with E-state index in [0.29, 0.717) is 19.1 Å². The van der Waals surface area contributed by atoms with Gasteiger partial charge in [0.05, 0.1) is 5.60 Å². The molecule has 4 nitrogen and oxygen atoms in total. The Bertz CT molecular complexity index is 413. The Hall–Kier alpha value is -1.55. The van der Waals surface area contributed by atoms with Crippen LogP contribution in [0.4, 0.5) is 5.69 Å². The van der Waals surface area contributed by atoms with Crippen LogP contribution >= 0.6 is 0 Å². The molecule has 1 atom stereocenters. The number of hydrogen-bond donors (Lipinski definition) is 2. The third-order valence-corrected chi connectivity index (χ3v) is 3.10. The molecule has 0 saturated heterocycles. The average Bonchev–Trinajstić information content (AvgIpc) is 2.36. The fourth-order valence-electron chi connectivity index (χ4n) is 2.11. The van der Waals surface area contributed by atoms with Crippen LogP contribution in [0.2, 0.25) is 0 Å². The van der Waals surface area contributed by atoms with Gasteiger partial charge >= 0.3 is 0 Å². The number of hydrogen-bond acceptors (Lipinski definition) is 3. The molecule has 0 aliphatic rings. The lowest BCUT2D eigenvalue weighted by atomic mass is 9.92.